The molecule has 0 fully saturated rings. The summed E-state index contributed by atoms with van der Waals surface area (Å²) < 4.78 is 1.54. The maximum absolute atomic E-state index is 12.5. The number of carbonyl (C=O) groups is 1. The van der Waals surface area contributed by atoms with Gasteiger partial charge in [-0.3, -0.25) is 4.79 Å². The van der Waals surface area contributed by atoms with E-state index < -0.39 is 10.8 Å². The lowest BCUT2D eigenvalue weighted by molar-refractivity contribution is -0.121. The fraction of sp³-hybridized carbons (Fsp3) is 0.438. The fourth-order valence-corrected chi connectivity index (χ4v) is 2.80. The van der Waals surface area contributed by atoms with Crippen molar-refractivity contribution in [3.8, 4) is 11.8 Å². The molecule has 0 aliphatic heterocycles. The molecule has 2 atom stereocenters. The standard InChI is InChI=1S/C16H19ClN6OS/c1-10(2)16(4,9-18)19-14(24)11(3)25-15-20-21-22-23(15)13-7-5-12(17)6-8-13/h5-8,10-11H,1-4H3,(H,19,24)/t11-,16-/m1/s1. The number of tetrazole rings is 1. The molecular weight excluding hydrogens is 360 g/mol. The molecular formula is C16H19ClN6OS. The molecule has 25 heavy (non-hydrogen) atoms. The molecule has 1 aromatic carbocycles. The first-order chi connectivity index (χ1) is 11.8. The number of thioether (sulfide) groups is 1. The Morgan fingerprint density at radius 2 is 2.00 bits per heavy atom. The molecule has 9 heteroatoms. The van der Waals surface area contributed by atoms with Gasteiger partial charge in [-0.25, -0.2) is 0 Å². The number of rotatable bonds is 6. The van der Waals surface area contributed by atoms with Gasteiger partial charge in [-0.1, -0.05) is 37.2 Å². The van der Waals surface area contributed by atoms with Gasteiger partial charge >= 0.3 is 0 Å². The highest BCUT2D eigenvalue weighted by molar-refractivity contribution is 8.00. The molecule has 0 saturated carbocycles. The van der Waals surface area contributed by atoms with Gasteiger partial charge in [-0.05, 0) is 54.5 Å². The smallest absolute Gasteiger partial charge is 0.234 e. The zero-order valence-electron chi connectivity index (χ0n) is 14.4. The van der Waals surface area contributed by atoms with Gasteiger partial charge < -0.3 is 5.32 Å². The second-order valence-corrected chi connectivity index (χ2v) is 7.81. The Balaban J connectivity index is 2.13. The number of benzene rings is 1. The van der Waals surface area contributed by atoms with Crippen LogP contribution in [0.2, 0.25) is 5.02 Å². The van der Waals surface area contributed by atoms with E-state index >= 15 is 0 Å². The minimum Gasteiger partial charge on any atom is -0.337 e. The van der Waals surface area contributed by atoms with Crippen LogP contribution in [-0.4, -0.2) is 36.9 Å². The van der Waals surface area contributed by atoms with Crippen LogP contribution in [0.1, 0.15) is 27.7 Å². The lowest BCUT2D eigenvalue weighted by Crippen LogP contribution is -2.51. The van der Waals surface area contributed by atoms with Crippen LogP contribution >= 0.6 is 23.4 Å². The van der Waals surface area contributed by atoms with Crippen molar-refractivity contribution < 1.29 is 4.79 Å². The van der Waals surface area contributed by atoms with Crippen molar-refractivity contribution in [2.75, 3.05) is 0 Å². The fourth-order valence-electron chi connectivity index (χ4n) is 1.87. The molecule has 0 aliphatic rings. The maximum atomic E-state index is 12.5. The topological polar surface area (TPSA) is 96.5 Å². The van der Waals surface area contributed by atoms with E-state index in [-0.39, 0.29) is 11.8 Å². The maximum Gasteiger partial charge on any atom is 0.234 e. The number of hydrogen-bond donors (Lipinski definition) is 1. The van der Waals surface area contributed by atoms with Crippen molar-refractivity contribution >= 4 is 29.3 Å². The van der Waals surface area contributed by atoms with Crippen molar-refractivity contribution in [1.29, 1.82) is 5.26 Å². The lowest BCUT2D eigenvalue weighted by atomic mass is 9.90. The summed E-state index contributed by atoms with van der Waals surface area (Å²) in [7, 11) is 0. The number of amides is 1. The third-order valence-corrected chi connectivity index (χ3v) is 5.22. The van der Waals surface area contributed by atoms with Crippen molar-refractivity contribution in [1.82, 2.24) is 25.5 Å². The molecule has 1 amide bonds. The highest BCUT2D eigenvalue weighted by Gasteiger charge is 2.32. The summed E-state index contributed by atoms with van der Waals surface area (Å²) >= 11 is 7.11. The molecule has 7 nitrogen and oxygen atoms in total. The third-order valence-electron chi connectivity index (χ3n) is 3.93. The highest BCUT2D eigenvalue weighted by atomic mass is 35.5. The van der Waals surface area contributed by atoms with Gasteiger partial charge in [0.05, 0.1) is 17.0 Å². The van der Waals surface area contributed by atoms with Crippen LogP contribution in [0.3, 0.4) is 0 Å². The molecule has 0 bridgehead atoms. The monoisotopic (exact) mass is 378 g/mol. The number of nitrogens with one attached hydrogen (secondary N) is 1. The SMILES string of the molecule is CC(C)[C@@](C)(C#N)NC(=O)[C@@H](C)Sc1nnnn1-c1ccc(Cl)cc1. The first-order valence-electron chi connectivity index (χ1n) is 7.71. The lowest BCUT2D eigenvalue weighted by Gasteiger charge is -2.28. The number of nitrogens with zero attached hydrogens (tertiary/aromatic N) is 5. The average molecular weight is 379 g/mol. The number of carbonyl (C=O) groups excluding carboxylic acids is 1. The summed E-state index contributed by atoms with van der Waals surface area (Å²) in [5, 5.41) is 24.4. The number of aromatic nitrogens is 4. The summed E-state index contributed by atoms with van der Waals surface area (Å²) in [4.78, 5) is 12.5. The largest absolute Gasteiger partial charge is 0.337 e. The van der Waals surface area contributed by atoms with Crippen LogP contribution < -0.4 is 5.32 Å². The van der Waals surface area contributed by atoms with Crippen LogP contribution in [0.4, 0.5) is 0 Å². The molecule has 0 unspecified atom stereocenters. The van der Waals surface area contributed by atoms with E-state index in [1.807, 2.05) is 13.8 Å². The molecule has 0 saturated heterocycles. The predicted octanol–water partition coefficient (Wildman–Crippen LogP) is 2.85. The number of halogens is 1. The molecule has 2 aromatic rings. The minimum absolute atomic E-state index is 0.0157. The second kappa shape index (κ2) is 7.85. The summed E-state index contributed by atoms with van der Waals surface area (Å²) in [6, 6.07) is 9.23. The van der Waals surface area contributed by atoms with E-state index in [1.54, 1.807) is 38.1 Å². The van der Waals surface area contributed by atoms with E-state index in [9.17, 15) is 10.1 Å². The summed E-state index contributed by atoms with van der Waals surface area (Å²) in [5.41, 5.74) is -0.179. The normalized spacial score (nSPS) is 14.6. The molecule has 1 aromatic heterocycles. The van der Waals surface area contributed by atoms with Gasteiger partial charge in [-0.15, -0.1) is 5.10 Å². The quantitative estimate of drug-likeness (QED) is 0.776. The Morgan fingerprint density at radius 1 is 1.36 bits per heavy atom. The first kappa shape index (κ1) is 19.2. The van der Waals surface area contributed by atoms with Crippen LogP contribution in [-0.2, 0) is 4.79 Å². The van der Waals surface area contributed by atoms with Gasteiger partial charge in [0.2, 0.25) is 11.1 Å². The van der Waals surface area contributed by atoms with Crippen molar-refractivity contribution in [3.05, 3.63) is 29.3 Å². The Morgan fingerprint density at radius 3 is 2.56 bits per heavy atom. The zero-order valence-corrected chi connectivity index (χ0v) is 16.0. The highest BCUT2D eigenvalue weighted by Crippen LogP contribution is 2.25. The van der Waals surface area contributed by atoms with E-state index in [0.717, 1.165) is 5.69 Å². The summed E-state index contributed by atoms with van der Waals surface area (Å²) in [6.07, 6.45) is 0. The van der Waals surface area contributed by atoms with E-state index in [4.69, 9.17) is 11.6 Å². The predicted molar refractivity (Wildman–Crippen MR) is 96.5 cm³/mol. The van der Waals surface area contributed by atoms with Crippen LogP contribution in [0.25, 0.3) is 5.69 Å². The van der Waals surface area contributed by atoms with Gasteiger partial charge in [-0.2, -0.15) is 9.94 Å². The average Bonchev–Trinajstić information content (AvgIpc) is 3.03. The third kappa shape index (κ3) is 4.50. The number of nitriles is 1. The molecule has 0 radical (unpaired) electrons. The molecule has 1 heterocycles. The minimum atomic E-state index is -0.923. The Labute approximate surface area is 155 Å². The summed E-state index contributed by atoms with van der Waals surface area (Å²) in [5.74, 6) is -0.258. The summed E-state index contributed by atoms with van der Waals surface area (Å²) in [6.45, 7) is 7.24. The van der Waals surface area contributed by atoms with Gasteiger partial charge in [0.25, 0.3) is 0 Å². The van der Waals surface area contributed by atoms with E-state index in [1.165, 1.54) is 16.4 Å². The second-order valence-electron chi connectivity index (χ2n) is 6.07. The first-order valence-corrected chi connectivity index (χ1v) is 8.97. The van der Waals surface area contributed by atoms with Gasteiger partial charge in [0.15, 0.2) is 0 Å². The Kier molecular flexibility index (Phi) is 6.03. The van der Waals surface area contributed by atoms with Crippen LogP contribution in [0, 0.1) is 17.2 Å². The number of hydrogen-bond acceptors (Lipinski definition) is 6. The van der Waals surface area contributed by atoms with Crippen LogP contribution in [0.15, 0.2) is 29.4 Å². The molecule has 0 spiro atoms. The van der Waals surface area contributed by atoms with Crippen LogP contribution in [0.5, 0.6) is 0 Å². The Hall–Kier alpha value is -2.11. The van der Waals surface area contributed by atoms with Crippen molar-refractivity contribution in [2.24, 2.45) is 5.92 Å². The van der Waals surface area contributed by atoms with Gasteiger partial charge in [0, 0.05) is 5.02 Å². The Bertz CT molecular complexity index is 785. The van der Waals surface area contributed by atoms with E-state index in [2.05, 4.69) is 26.9 Å². The van der Waals surface area contributed by atoms with Crippen molar-refractivity contribution in [3.63, 3.8) is 0 Å². The van der Waals surface area contributed by atoms with Crippen molar-refractivity contribution in [2.45, 2.75) is 43.6 Å². The molecule has 2 rings (SSSR count). The molecule has 0 aliphatic carbocycles. The van der Waals surface area contributed by atoms with E-state index in [0.29, 0.717) is 10.2 Å². The molecule has 132 valence electrons. The zero-order chi connectivity index (χ0) is 18.6. The molecule has 1 N–H and O–H groups in total. The van der Waals surface area contributed by atoms with Gasteiger partial charge in [0.1, 0.15) is 5.54 Å².